The van der Waals surface area contributed by atoms with Gasteiger partial charge >= 0.3 is 12.1 Å². The predicted octanol–water partition coefficient (Wildman–Crippen LogP) is 1.42. The molecule has 0 bridgehead atoms. The minimum atomic E-state index is -0.780. The fourth-order valence-electron chi connectivity index (χ4n) is 4.71. The van der Waals surface area contributed by atoms with Gasteiger partial charge in [0.05, 0.1) is 24.7 Å². The standard InChI is InChI=1S/C25H46N6O5/c1-9-10-12-27-24(35)36-18-14-31(23(34)28-15(2)3)17-11-13-30(19(17)18)22(33)20(25(5,6)7)29-21(32)16(4)26-8/h15-20,26H,9-14H2,1-8H3,(H,27,35)(H,28,34)(H,29,32). The van der Waals surface area contributed by atoms with Gasteiger partial charge in [0.1, 0.15) is 12.1 Å². The van der Waals surface area contributed by atoms with Gasteiger partial charge in [-0.3, -0.25) is 9.59 Å². The van der Waals surface area contributed by atoms with Gasteiger partial charge in [0, 0.05) is 19.1 Å². The summed E-state index contributed by atoms with van der Waals surface area (Å²) in [4.78, 5) is 55.4. The molecule has 0 radical (unpaired) electrons. The summed E-state index contributed by atoms with van der Waals surface area (Å²) in [5.74, 6) is -0.508. The van der Waals surface area contributed by atoms with Crippen LogP contribution in [0.5, 0.6) is 0 Å². The monoisotopic (exact) mass is 510 g/mol. The Morgan fingerprint density at radius 2 is 1.72 bits per heavy atom. The second-order valence-corrected chi connectivity index (χ2v) is 11.2. The van der Waals surface area contributed by atoms with Gasteiger partial charge in [-0.05, 0) is 46.1 Å². The first-order valence-corrected chi connectivity index (χ1v) is 13.1. The molecule has 0 aromatic rings. The Balaban J connectivity index is 2.30. The zero-order chi connectivity index (χ0) is 27.2. The molecule has 0 spiro atoms. The Morgan fingerprint density at radius 3 is 2.28 bits per heavy atom. The number of fused-ring (bicyclic) bond motifs is 1. The Labute approximate surface area is 215 Å². The van der Waals surface area contributed by atoms with Crippen LogP contribution in [0.1, 0.15) is 67.7 Å². The number of urea groups is 1. The summed E-state index contributed by atoms with van der Waals surface area (Å²) in [6.07, 6.45) is 1.11. The number of carbonyl (C=O) groups is 4. The van der Waals surface area contributed by atoms with Crippen molar-refractivity contribution < 1.29 is 23.9 Å². The first-order chi connectivity index (χ1) is 16.8. The third-order valence-electron chi connectivity index (χ3n) is 6.82. The summed E-state index contributed by atoms with van der Waals surface area (Å²) in [5.41, 5.74) is -0.556. The third-order valence-corrected chi connectivity index (χ3v) is 6.82. The molecule has 0 aromatic carbocycles. The number of hydrogen-bond donors (Lipinski definition) is 4. The molecule has 5 atom stereocenters. The average Bonchev–Trinajstić information content (AvgIpc) is 3.36. The number of likely N-dealkylation sites (N-methyl/N-ethyl adjacent to an activating group) is 1. The van der Waals surface area contributed by atoms with Gasteiger partial charge in [-0.1, -0.05) is 34.1 Å². The van der Waals surface area contributed by atoms with Gasteiger partial charge in [-0.15, -0.1) is 0 Å². The van der Waals surface area contributed by atoms with Crippen LogP contribution in [0.15, 0.2) is 0 Å². The number of unbranched alkanes of at least 4 members (excludes halogenated alkanes) is 1. The molecule has 2 heterocycles. The van der Waals surface area contributed by atoms with E-state index in [0.717, 1.165) is 12.8 Å². The first-order valence-electron chi connectivity index (χ1n) is 13.1. The number of rotatable bonds is 9. The van der Waals surface area contributed by atoms with Gasteiger partial charge in [-0.25, -0.2) is 9.59 Å². The second-order valence-electron chi connectivity index (χ2n) is 11.2. The lowest BCUT2D eigenvalue weighted by atomic mass is 9.85. The van der Waals surface area contributed by atoms with Gasteiger partial charge < -0.3 is 35.8 Å². The molecule has 2 aliphatic rings. The number of ether oxygens (including phenoxy) is 1. The van der Waals surface area contributed by atoms with Gasteiger partial charge in [0.25, 0.3) is 0 Å². The lowest BCUT2D eigenvalue weighted by molar-refractivity contribution is -0.141. The zero-order valence-electron chi connectivity index (χ0n) is 23.1. The van der Waals surface area contributed by atoms with Crippen molar-refractivity contribution in [2.45, 2.75) is 104 Å². The number of amides is 5. The normalized spacial score (nSPS) is 23.2. The van der Waals surface area contributed by atoms with E-state index in [1.165, 1.54) is 0 Å². The van der Waals surface area contributed by atoms with E-state index in [4.69, 9.17) is 4.74 Å². The van der Waals surface area contributed by atoms with E-state index in [9.17, 15) is 19.2 Å². The minimum Gasteiger partial charge on any atom is -0.442 e. The highest BCUT2D eigenvalue weighted by Crippen LogP contribution is 2.35. The third kappa shape index (κ3) is 7.24. The molecule has 2 saturated heterocycles. The molecular weight excluding hydrogens is 464 g/mol. The SMILES string of the molecule is CCCCNC(=O)OC1CN(C(=O)NC(C)C)C2CCN(C(=O)C(NC(=O)C(C)NC)C(C)(C)C)C12. The fourth-order valence-corrected chi connectivity index (χ4v) is 4.71. The maximum atomic E-state index is 13.9. The maximum Gasteiger partial charge on any atom is 0.407 e. The molecule has 2 rings (SSSR count). The van der Waals surface area contributed by atoms with E-state index in [1.807, 2.05) is 41.5 Å². The van der Waals surface area contributed by atoms with E-state index in [-0.39, 0.29) is 36.5 Å². The molecule has 11 heteroatoms. The van der Waals surface area contributed by atoms with Crippen LogP contribution < -0.4 is 21.3 Å². The van der Waals surface area contributed by atoms with E-state index < -0.39 is 35.7 Å². The first kappa shape index (κ1) is 29.7. The van der Waals surface area contributed by atoms with E-state index >= 15 is 0 Å². The van der Waals surface area contributed by atoms with Crippen LogP contribution >= 0.6 is 0 Å². The summed E-state index contributed by atoms with van der Waals surface area (Å²) in [6.45, 7) is 14.3. The number of nitrogens with zero attached hydrogens (tertiary/aromatic N) is 2. The van der Waals surface area contributed by atoms with Crippen LogP contribution in [0.4, 0.5) is 9.59 Å². The van der Waals surface area contributed by atoms with Gasteiger partial charge in [0.2, 0.25) is 11.8 Å². The summed E-state index contributed by atoms with van der Waals surface area (Å²) in [5, 5.41) is 11.5. The minimum absolute atomic E-state index is 0.0537. The summed E-state index contributed by atoms with van der Waals surface area (Å²) < 4.78 is 5.78. The van der Waals surface area contributed by atoms with Gasteiger partial charge in [-0.2, -0.15) is 0 Å². The summed E-state index contributed by atoms with van der Waals surface area (Å²) in [7, 11) is 1.69. The lowest BCUT2D eigenvalue weighted by Crippen LogP contribution is -2.59. The number of alkyl carbamates (subject to hydrolysis) is 1. The number of nitrogens with one attached hydrogen (secondary N) is 4. The molecule has 0 aromatic heterocycles. The quantitative estimate of drug-likeness (QED) is 0.347. The van der Waals surface area contributed by atoms with Crippen LogP contribution in [-0.4, -0.2) is 96.7 Å². The van der Waals surface area contributed by atoms with Crippen molar-refractivity contribution in [1.82, 2.24) is 31.1 Å². The Hall–Kier alpha value is -2.56. The van der Waals surface area contributed by atoms with Crippen molar-refractivity contribution in [3.05, 3.63) is 0 Å². The average molecular weight is 511 g/mol. The Kier molecular flexibility index (Phi) is 10.4. The fraction of sp³-hybridized carbons (Fsp3) is 0.840. The van der Waals surface area contributed by atoms with Gasteiger partial charge in [0.15, 0.2) is 0 Å². The lowest BCUT2D eigenvalue weighted by Gasteiger charge is -2.37. The van der Waals surface area contributed by atoms with E-state index in [2.05, 4.69) is 21.3 Å². The molecule has 5 unspecified atom stereocenters. The van der Waals surface area contributed by atoms with Crippen molar-refractivity contribution in [2.75, 3.05) is 26.7 Å². The molecule has 4 N–H and O–H groups in total. The smallest absolute Gasteiger partial charge is 0.407 e. The van der Waals surface area contributed by atoms with Crippen molar-refractivity contribution in [2.24, 2.45) is 5.41 Å². The second kappa shape index (κ2) is 12.6. The van der Waals surface area contributed by atoms with Crippen LogP contribution in [0.3, 0.4) is 0 Å². The highest BCUT2D eigenvalue weighted by Gasteiger charge is 2.55. The molecule has 2 aliphatic heterocycles. The summed E-state index contributed by atoms with van der Waals surface area (Å²) >= 11 is 0. The van der Waals surface area contributed by atoms with Crippen LogP contribution in [0.25, 0.3) is 0 Å². The van der Waals surface area contributed by atoms with Crippen LogP contribution in [0.2, 0.25) is 0 Å². The van der Waals surface area contributed by atoms with E-state index in [0.29, 0.717) is 19.5 Å². The van der Waals surface area contributed by atoms with E-state index in [1.54, 1.807) is 23.8 Å². The maximum absolute atomic E-state index is 13.9. The highest BCUT2D eigenvalue weighted by molar-refractivity contribution is 5.90. The predicted molar refractivity (Wildman–Crippen MR) is 137 cm³/mol. The molecule has 2 fully saturated rings. The largest absolute Gasteiger partial charge is 0.442 e. The van der Waals surface area contributed by atoms with Crippen molar-refractivity contribution in [3.63, 3.8) is 0 Å². The molecule has 0 aliphatic carbocycles. The van der Waals surface area contributed by atoms with Crippen molar-refractivity contribution >= 4 is 23.9 Å². The number of carbonyl (C=O) groups excluding carboxylic acids is 4. The molecule has 36 heavy (non-hydrogen) atoms. The molecule has 11 nitrogen and oxygen atoms in total. The number of likely N-dealkylation sites (tertiary alicyclic amines) is 2. The Bertz CT molecular complexity index is 798. The zero-order valence-corrected chi connectivity index (χ0v) is 23.1. The van der Waals surface area contributed by atoms with Crippen LogP contribution in [-0.2, 0) is 14.3 Å². The highest BCUT2D eigenvalue weighted by atomic mass is 16.6. The Morgan fingerprint density at radius 1 is 1.06 bits per heavy atom. The summed E-state index contributed by atoms with van der Waals surface area (Å²) in [6, 6.07) is -2.31. The topological polar surface area (TPSA) is 132 Å². The molecule has 206 valence electrons. The van der Waals surface area contributed by atoms with Crippen molar-refractivity contribution in [3.8, 4) is 0 Å². The molecule has 5 amide bonds. The molecular formula is C25H46N6O5. The van der Waals surface area contributed by atoms with Crippen LogP contribution in [0, 0.1) is 5.41 Å². The number of hydrogen-bond acceptors (Lipinski definition) is 6. The van der Waals surface area contributed by atoms with Crippen molar-refractivity contribution in [1.29, 1.82) is 0 Å². The molecule has 0 saturated carbocycles.